The lowest BCUT2D eigenvalue weighted by molar-refractivity contribution is 0.793. The van der Waals surface area contributed by atoms with Gasteiger partial charge < -0.3 is 9.13 Å². The first kappa shape index (κ1) is 27.2. The number of aromatic nitrogens is 2. The van der Waals surface area contributed by atoms with Gasteiger partial charge in [0.1, 0.15) is 0 Å². The molecule has 2 aliphatic carbocycles. The molecule has 0 amide bonds. The molecule has 2 aliphatic rings. The maximum atomic E-state index is 2.44. The molecule has 2 heteroatoms. The molecule has 10 aromatic rings. The van der Waals surface area contributed by atoms with Gasteiger partial charge in [-0.05, 0) is 93.0 Å². The minimum absolute atomic E-state index is 0.406. The van der Waals surface area contributed by atoms with Crippen molar-refractivity contribution < 1.29 is 0 Å². The van der Waals surface area contributed by atoms with Gasteiger partial charge in [0.15, 0.2) is 0 Å². The summed E-state index contributed by atoms with van der Waals surface area (Å²) in [5.41, 5.74) is 17.5. The average molecular weight is 647 g/mol. The summed E-state index contributed by atoms with van der Waals surface area (Å²) in [5, 5.41) is 5.12. The van der Waals surface area contributed by atoms with E-state index in [1.54, 1.807) is 0 Å². The third-order valence-corrected chi connectivity index (χ3v) is 11.7. The molecule has 0 atom stereocenters. The van der Waals surface area contributed by atoms with Gasteiger partial charge in [0.05, 0.1) is 27.5 Å². The number of para-hydroxylation sites is 4. The van der Waals surface area contributed by atoms with E-state index in [9.17, 15) is 0 Å². The fraction of sp³-hybridized carbons (Fsp3) is 0.0204. The Kier molecular flexibility index (Phi) is 5.20. The first-order valence-corrected chi connectivity index (χ1v) is 17.8. The molecule has 51 heavy (non-hydrogen) atoms. The predicted molar refractivity (Wildman–Crippen MR) is 211 cm³/mol. The normalized spacial score (nSPS) is 13.6. The minimum atomic E-state index is -0.406. The van der Waals surface area contributed by atoms with E-state index in [1.807, 2.05) is 0 Å². The van der Waals surface area contributed by atoms with Crippen molar-refractivity contribution in [1.29, 1.82) is 0 Å². The Morgan fingerprint density at radius 3 is 0.980 bits per heavy atom. The summed E-state index contributed by atoms with van der Waals surface area (Å²) >= 11 is 0. The third kappa shape index (κ3) is 3.32. The van der Waals surface area contributed by atoms with Gasteiger partial charge in [-0.2, -0.15) is 0 Å². The standard InChI is InChI=1S/C49H30N2/c1-7-19-41-33(13-1)39-29-31(50-45-21-9-3-15-35(45)36-16-4-10-22-46(36)50)25-27-43(39)49(41)42-20-8-2-14-34(42)40-30-32(26-28-44(40)49)51-47-23-11-5-17-37(47)38-18-6-12-24-48(38)51/h1-30H. The molecule has 2 nitrogen and oxygen atoms in total. The molecule has 12 rings (SSSR count). The van der Waals surface area contributed by atoms with Crippen molar-refractivity contribution in [2.24, 2.45) is 0 Å². The van der Waals surface area contributed by atoms with Crippen molar-refractivity contribution >= 4 is 43.6 Å². The molecule has 0 radical (unpaired) electrons. The summed E-state index contributed by atoms with van der Waals surface area (Å²) in [7, 11) is 0. The summed E-state index contributed by atoms with van der Waals surface area (Å²) in [6.07, 6.45) is 0. The number of rotatable bonds is 2. The Hall–Kier alpha value is -6.64. The van der Waals surface area contributed by atoms with Crippen LogP contribution >= 0.6 is 0 Å². The number of benzene rings is 8. The second-order valence-corrected chi connectivity index (χ2v) is 14.0. The predicted octanol–water partition coefficient (Wildman–Crippen LogP) is 12.2. The Labute approximate surface area is 295 Å². The molecule has 0 unspecified atom stereocenters. The second kappa shape index (κ2) is 9.74. The quantitative estimate of drug-likeness (QED) is 0.177. The molecule has 2 heterocycles. The van der Waals surface area contributed by atoms with E-state index in [0.717, 1.165) is 0 Å². The number of hydrogen-bond donors (Lipinski definition) is 0. The van der Waals surface area contributed by atoms with Crippen molar-refractivity contribution in [1.82, 2.24) is 9.13 Å². The van der Waals surface area contributed by atoms with Crippen LogP contribution in [-0.4, -0.2) is 9.13 Å². The van der Waals surface area contributed by atoms with E-state index >= 15 is 0 Å². The van der Waals surface area contributed by atoms with Crippen LogP contribution in [0, 0.1) is 0 Å². The first-order chi connectivity index (χ1) is 25.3. The van der Waals surface area contributed by atoms with Gasteiger partial charge in [0, 0.05) is 32.9 Å². The molecule has 8 aromatic carbocycles. The average Bonchev–Trinajstić information content (AvgIpc) is 3.90. The van der Waals surface area contributed by atoms with Crippen LogP contribution in [-0.2, 0) is 5.41 Å². The van der Waals surface area contributed by atoms with Crippen molar-refractivity contribution in [2.45, 2.75) is 5.41 Å². The minimum Gasteiger partial charge on any atom is -0.309 e. The molecular weight excluding hydrogens is 617 g/mol. The molecule has 236 valence electrons. The second-order valence-electron chi connectivity index (χ2n) is 14.0. The van der Waals surface area contributed by atoms with Gasteiger partial charge >= 0.3 is 0 Å². The maximum Gasteiger partial charge on any atom is 0.0725 e. The van der Waals surface area contributed by atoms with Gasteiger partial charge in [0.2, 0.25) is 0 Å². The van der Waals surface area contributed by atoms with Crippen molar-refractivity contribution in [3.63, 3.8) is 0 Å². The molecule has 2 aromatic heterocycles. The Balaban J connectivity index is 1.13. The third-order valence-electron chi connectivity index (χ3n) is 11.7. The smallest absolute Gasteiger partial charge is 0.0725 e. The SMILES string of the molecule is c1ccc2c(c1)-c1cc(-n3c4ccccc4c4ccccc43)ccc1C21c2ccccc2-c2cc(-n3c4ccccc4c4ccccc43)ccc21. The lowest BCUT2D eigenvalue weighted by atomic mass is 9.70. The Bertz CT molecular complexity index is 2780. The van der Waals surface area contributed by atoms with Gasteiger partial charge in [-0.3, -0.25) is 0 Å². The van der Waals surface area contributed by atoms with Crippen LogP contribution in [0.2, 0.25) is 0 Å². The molecule has 0 bridgehead atoms. The molecule has 1 spiro atoms. The highest BCUT2D eigenvalue weighted by molar-refractivity contribution is 6.10. The topological polar surface area (TPSA) is 9.86 Å². The summed E-state index contributed by atoms with van der Waals surface area (Å²) in [4.78, 5) is 0. The summed E-state index contributed by atoms with van der Waals surface area (Å²) < 4.78 is 4.88. The lowest BCUT2D eigenvalue weighted by Gasteiger charge is -2.30. The summed E-state index contributed by atoms with van der Waals surface area (Å²) in [6, 6.07) is 67.7. The first-order valence-electron chi connectivity index (χ1n) is 17.8. The molecular formula is C49H30N2. The van der Waals surface area contributed by atoms with E-state index in [2.05, 4.69) is 191 Å². The van der Waals surface area contributed by atoms with Crippen molar-refractivity contribution in [3.8, 4) is 33.6 Å². The number of hydrogen-bond acceptors (Lipinski definition) is 0. The van der Waals surface area contributed by atoms with Gasteiger partial charge in [0.25, 0.3) is 0 Å². The Morgan fingerprint density at radius 1 is 0.275 bits per heavy atom. The van der Waals surface area contributed by atoms with Crippen LogP contribution < -0.4 is 0 Å². The fourth-order valence-electron chi connectivity index (χ4n) is 9.80. The molecule has 0 saturated carbocycles. The van der Waals surface area contributed by atoms with E-state index < -0.39 is 5.41 Å². The molecule has 0 N–H and O–H groups in total. The molecule has 0 aliphatic heterocycles. The van der Waals surface area contributed by atoms with E-state index in [4.69, 9.17) is 0 Å². The highest BCUT2D eigenvalue weighted by atomic mass is 15.0. The van der Waals surface area contributed by atoms with Crippen molar-refractivity contribution in [2.75, 3.05) is 0 Å². The zero-order chi connectivity index (χ0) is 33.3. The number of nitrogens with zero attached hydrogens (tertiary/aromatic N) is 2. The van der Waals surface area contributed by atoms with Crippen LogP contribution in [0.4, 0.5) is 0 Å². The van der Waals surface area contributed by atoms with E-state index in [1.165, 1.54) is 99.5 Å². The maximum absolute atomic E-state index is 2.44. The monoisotopic (exact) mass is 646 g/mol. The lowest BCUT2D eigenvalue weighted by Crippen LogP contribution is -2.25. The van der Waals surface area contributed by atoms with Crippen LogP contribution in [0.1, 0.15) is 22.3 Å². The van der Waals surface area contributed by atoms with Crippen LogP contribution in [0.3, 0.4) is 0 Å². The molecule has 0 fully saturated rings. The van der Waals surface area contributed by atoms with Crippen LogP contribution in [0.5, 0.6) is 0 Å². The van der Waals surface area contributed by atoms with E-state index in [-0.39, 0.29) is 0 Å². The van der Waals surface area contributed by atoms with Gasteiger partial charge in [-0.15, -0.1) is 0 Å². The van der Waals surface area contributed by atoms with Gasteiger partial charge in [-0.25, -0.2) is 0 Å². The van der Waals surface area contributed by atoms with Crippen LogP contribution in [0.15, 0.2) is 182 Å². The van der Waals surface area contributed by atoms with E-state index in [0.29, 0.717) is 0 Å². The zero-order valence-corrected chi connectivity index (χ0v) is 27.7. The zero-order valence-electron chi connectivity index (χ0n) is 27.7. The van der Waals surface area contributed by atoms with Crippen LogP contribution in [0.25, 0.3) is 77.2 Å². The largest absolute Gasteiger partial charge is 0.309 e. The summed E-state index contributed by atoms with van der Waals surface area (Å²) in [6.45, 7) is 0. The number of fused-ring (bicyclic) bond motifs is 16. The highest BCUT2D eigenvalue weighted by Gasteiger charge is 2.51. The summed E-state index contributed by atoms with van der Waals surface area (Å²) in [5.74, 6) is 0. The Morgan fingerprint density at radius 2 is 0.588 bits per heavy atom. The fourth-order valence-corrected chi connectivity index (χ4v) is 9.80. The highest BCUT2D eigenvalue weighted by Crippen LogP contribution is 2.63. The van der Waals surface area contributed by atoms with Crippen molar-refractivity contribution in [3.05, 3.63) is 204 Å². The molecule has 0 saturated heterocycles. The van der Waals surface area contributed by atoms with Gasteiger partial charge in [-0.1, -0.05) is 133 Å².